The first-order valence-electron chi connectivity index (χ1n) is 7.73. The molecule has 0 fully saturated rings. The number of nitrogen functional groups attached to an aromatic ring is 1. The van der Waals surface area contributed by atoms with Gasteiger partial charge < -0.3 is 15.8 Å². The molecule has 7 nitrogen and oxygen atoms in total. The van der Waals surface area contributed by atoms with Gasteiger partial charge in [-0.15, -0.1) is 0 Å². The van der Waals surface area contributed by atoms with Crippen LogP contribution < -0.4 is 11.1 Å². The minimum atomic E-state index is -0.393. The molecule has 25 heavy (non-hydrogen) atoms. The number of nitrogens with two attached hydrogens (primary N) is 1. The third-order valence-electron chi connectivity index (χ3n) is 3.50. The molecule has 2 aromatic rings. The number of hydrogen-bond donors (Lipinski definition) is 2. The van der Waals surface area contributed by atoms with Crippen LogP contribution in [0.1, 0.15) is 39.9 Å². The van der Waals surface area contributed by atoms with Crippen molar-refractivity contribution in [3.63, 3.8) is 0 Å². The maximum atomic E-state index is 12.4. The number of ether oxygens (including phenoxy) is 1. The number of carbonyl (C=O) groups is 1. The van der Waals surface area contributed by atoms with Crippen LogP contribution in [0.5, 0.6) is 0 Å². The zero-order chi connectivity index (χ0) is 18.4. The lowest BCUT2D eigenvalue weighted by Crippen LogP contribution is -2.26. The molecule has 0 bridgehead atoms. The Hall–Kier alpha value is -3.22. The number of hydrogen-bond acceptors (Lipinski definition) is 6. The quantitative estimate of drug-likeness (QED) is 0.784. The summed E-state index contributed by atoms with van der Waals surface area (Å²) in [5, 5.41) is 2.79. The number of nitrogens with one attached hydrogen (secondary N) is 1. The highest BCUT2D eigenvalue weighted by Crippen LogP contribution is 2.18. The van der Waals surface area contributed by atoms with Crippen LogP contribution in [0.15, 0.2) is 37.4 Å². The number of allylic oxidation sites excluding steroid dienone is 1. The van der Waals surface area contributed by atoms with Gasteiger partial charge in [0.05, 0.1) is 12.0 Å². The molecule has 7 heteroatoms. The lowest BCUT2D eigenvalue weighted by molar-refractivity contribution is 0.0946. The first-order valence-corrected chi connectivity index (χ1v) is 7.73. The molecule has 1 amide bonds. The summed E-state index contributed by atoms with van der Waals surface area (Å²) in [7, 11) is 0. The number of carbonyl (C=O) groups excluding carboxylic acids is 1. The Bertz CT molecular complexity index is 830. The van der Waals surface area contributed by atoms with Crippen LogP contribution in [-0.2, 0) is 11.3 Å². The molecule has 0 atom stereocenters. The van der Waals surface area contributed by atoms with E-state index in [-0.39, 0.29) is 11.5 Å². The third-order valence-corrected chi connectivity index (χ3v) is 3.50. The van der Waals surface area contributed by atoms with Crippen molar-refractivity contribution in [1.82, 2.24) is 20.3 Å². The molecular formula is C18H21N5O2. The van der Waals surface area contributed by atoms with Crippen molar-refractivity contribution < 1.29 is 9.53 Å². The zero-order valence-electron chi connectivity index (χ0n) is 14.5. The number of nitrogens with zero attached hydrogens (tertiary/aromatic N) is 3. The molecule has 0 radical (unpaired) electrons. The number of anilines is 1. The topological polar surface area (TPSA) is 103 Å². The van der Waals surface area contributed by atoms with Crippen LogP contribution in [0.25, 0.3) is 5.76 Å². The van der Waals surface area contributed by atoms with Crippen molar-refractivity contribution in [2.24, 2.45) is 0 Å². The Morgan fingerprint density at radius 2 is 2.12 bits per heavy atom. The Morgan fingerprint density at radius 1 is 1.36 bits per heavy atom. The first-order chi connectivity index (χ1) is 11.9. The lowest BCUT2D eigenvalue weighted by atomic mass is 10.1. The second kappa shape index (κ2) is 8.05. The van der Waals surface area contributed by atoms with Crippen molar-refractivity contribution in [2.45, 2.75) is 27.3 Å². The van der Waals surface area contributed by atoms with Gasteiger partial charge >= 0.3 is 0 Å². The molecule has 2 rings (SSSR count). The van der Waals surface area contributed by atoms with Gasteiger partial charge in [0.15, 0.2) is 11.5 Å². The number of aryl methyl sites for hydroxylation is 2. The lowest BCUT2D eigenvalue weighted by Gasteiger charge is -2.12. The number of pyridine rings is 1. The second-order valence-corrected chi connectivity index (χ2v) is 5.39. The smallest absolute Gasteiger partial charge is 0.273 e. The molecular weight excluding hydrogens is 318 g/mol. The van der Waals surface area contributed by atoms with Crippen LogP contribution in [0.4, 0.5) is 5.82 Å². The largest absolute Gasteiger partial charge is 0.464 e. The monoisotopic (exact) mass is 339 g/mol. The minimum Gasteiger partial charge on any atom is -0.464 e. The fourth-order valence-electron chi connectivity index (χ4n) is 2.13. The maximum absolute atomic E-state index is 12.4. The molecule has 0 aliphatic heterocycles. The predicted octanol–water partition coefficient (Wildman–Crippen LogP) is 2.52. The molecule has 2 aromatic heterocycles. The van der Waals surface area contributed by atoms with E-state index >= 15 is 0 Å². The molecule has 0 saturated heterocycles. The molecule has 0 unspecified atom stereocenters. The highest BCUT2D eigenvalue weighted by molar-refractivity contribution is 5.96. The van der Waals surface area contributed by atoms with Gasteiger partial charge in [0, 0.05) is 18.9 Å². The Labute approximate surface area is 146 Å². The van der Waals surface area contributed by atoms with E-state index in [0.29, 0.717) is 23.7 Å². The standard InChI is InChI=1S/C18H21N5O2/c1-5-8-25-13(4)15-12(3)22-16(17(19)23-15)18(24)21-10-14-6-7-20-9-11(14)2/h5-9H,4,10H2,1-3H3,(H2,19,23)(H,21,24)/b8-5-. The summed E-state index contributed by atoms with van der Waals surface area (Å²) in [6.07, 6.45) is 6.63. The van der Waals surface area contributed by atoms with Crippen LogP contribution in [0.3, 0.4) is 0 Å². The summed E-state index contributed by atoms with van der Waals surface area (Å²) in [6, 6.07) is 1.85. The van der Waals surface area contributed by atoms with Crippen LogP contribution in [-0.4, -0.2) is 20.9 Å². The average Bonchev–Trinajstić information content (AvgIpc) is 2.60. The summed E-state index contributed by atoms with van der Waals surface area (Å²) in [5.74, 6) is -0.0557. The Morgan fingerprint density at radius 3 is 2.80 bits per heavy atom. The SMILES string of the molecule is C=C(O/C=C\C)c1nc(N)c(C(=O)NCc2ccncc2C)nc1C. The van der Waals surface area contributed by atoms with Crippen molar-refractivity contribution in [2.75, 3.05) is 5.73 Å². The van der Waals surface area contributed by atoms with Gasteiger partial charge in [-0.25, -0.2) is 9.97 Å². The van der Waals surface area contributed by atoms with Gasteiger partial charge in [-0.2, -0.15) is 0 Å². The summed E-state index contributed by atoms with van der Waals surface area (Å²) >= 11 is 0. The molecule has 0 aliphatic carbocycles. The molecule has 130 valence electrons. The van der Waals surface area contributed by atoms with Gasteiger partial charge in [-0.3, -0.25) is 9.78 Å². The van der Waals surface area contributed by atoms with E-state index in [1.807, 2.05) is 19.9 Å². The average molecular weight is 339 g/mol. The number of aromatic nitrogens is 3. The normalized spacial score (nSPS) is 10.7. The van der Waals surface area contributed by atoms with E-state index in [1.54, 1.807) is 25.4 Å². The Balaban J connectivity index is 2.16. The van der Waals surface area contributed by atoms with Crippen LogP contribution >= 0.6 is 0 Å². The Kier molecular flexibility index (Phi) is 5.84. The van der Waals surface area contributed by atoms with Gasteiger partial charge in [-0.1, -0.05) is 12.7 Å². The molecule has 3 N–H and O–H groups in total. The van der Waals surface area contributed by atoms with Crippen LogP contribution in [0, 0.1) is 13.8 Å². The third kappa shape index (κ3) is 4.41. The fourth-order valence-corrected chi connectivity index (χ4v) is 2.13. The zero-order valence-corrected chi connectivity index (χ0v) is 14.5. The predicted molar refractivity (Wildman–Crippen MR) is 96.3 cm³/mol. The summed E-state index contributed by atoms with van der Waals surface area (Å²) in [6.45, 7) is 9.60. The van der Waals surface area contributed by atoms with Crippen molar-refractivity contribution in [3.05, 3.63) is 65.6 Å². The maximum Gasteiger partial charge on any atom is 0.273 e. The highest BCUT2D eigenvalue weighted by atomic mass is 16.5. The van der Waals surface area contributed by atoms with E-state index in [4.69, 9.17) is 10.5 Å². The fraction of sp³-hybridized carbons (Fsp3) is 0.222. The van der Waals surface area contributed by atoms with Gasteiger partial charge in [0.2, 0.25) is 0 Å². The van der Waals surface area contributed by atoms with E-state index < -0.39 is 5.91 Å². The van der Waals surface area contributed by atoms with E-state index in [9.17, 15) is 4.79 Å². The first kappa shape index (κ1) is 18.1. The van der Waals surface area contributed by atoms with E-state index in [0.717, 1.165) is 11.1 Å². The van der Waals surface area contributed by atoms with E-state index in [1.165, 1.54) is 6.26 Å². The van der Waals surface area contributed by atoms with Crippen molar-refractivity contribution in [1.29, 1.82) is 0 Å². The minimum absolute atomic E-state index is 0.0229. The highest BCUT2D eigenvalue weighted by Gasteiger charge is 2.17. The molecule has 0 aromatic carbocycles. The van der Waals surface area contributed by atoms with Gasteiger partial charge in [-0.05, 0) is 38.0 Å². The van der Waals surface area contributed by atoms with E-state index in [2.05, 4.69) is 26.8 Å². The number of rotatable bonds is 6. The molecule has 0 saturated carbocycles. The molecule has 0 aliphatic rings. The summed E-state index contributed by atoms with van der Waals surface area (Å²) < 4.78 is 5.29. The van der Waals surface area contributed by atoms with Gasteiger partial charge in [0.25, 0.3) is 5.91 Å². The molecule has 0 spiro atoms. The van der Waals surface area contributed by atoms with Gasteiger partial charge in [0.1, 0.15) is 11.5 Å². The molecule has 2 heterocycles. The van der Waals surface area contributed by atoms with Crippen molar-refractivity contribution in [3.8, 4) is 0 Å². The summed E-state index contributed by atoms with van der Waals surface area (Å²) in [4.78, 5) is 24.9. The summed E-state index contributed by atoms with van der Waals surface area (Å²) in [5.41, 5.74) is 8.86. The van der Waals surface area contributed by atoms with Crippen LogP contribution in [0.2, 0.25) is 0 Å². The number of amides is 1. The second-order valence-electron chi connectivity index (χ2n) is 5.39. The van der Waals surface area contributed by atoms with Crippen molar-refractivity contribution >= 4 is 17.5 Å².